The standard InChI is InChI=1S/C40H47N3O7S/c1-3-4-20-41-39(45)27-48-35-18-17-31-12-8-14-34(22-32(31)23-35)43(25-29-10-6-5-7-11-29)40(28(2)44)50-36-15-9-13-33(24-36)42-51(46,47)38-21-30-16-19-37(38)49-26-30/h5-7,9-11,13,15-19,21,23-24,28,34,40,42,44H,3-4,8,12,14,20,22,25-27H2,1-2H3,(H,41,45)/t28-,34?,40?/m0/s1. The van der Waals surface area contributed by atoms with E-state index in [1.165, 1.54) is 5.56 Å². The molecule has 10 nitrogen and oxygen atoms in total. The van der Waals surface area contributed by atoms with Crippen LogP contribution in [0.25, 0.3) is 0 Å². The van der Waals surface area contributed by atoms with Crippen molar-refractivity contribution < 1.29 is 32.5 Å². The van der Waals surface area contributed by atoms with E-state index >= 15 is 0 Å². The molecule has 11 heteroatoms. The van der Waals surface area contributed by atoms with Gasteiger partial charge in [0.25, 0.3) is 15.9 Å². The summed E-state index contributed by atoms with van der Waals surface area (Å²) in [5, 5.41) is 14.2. The van der Waals surface area contributed by atoms with Gasteiger partial charge in [-0.05, 0) is 97.7 Å². The zero-order valence-corrected chi connectivity index (χ0v) is 30.0. The summed E-state index contributed by atoms with van der Waals surface area (Å²) in [7, 11) is -3.92. The summed E-state index contributed by atoms with van der Waals surface area (Å²) in [5.74, 6) is 1.24. The largest absolute Gasteiger partial charge is 0.487 e. The van der Waals surface area contributed by atoms with Gasteiger partial charge in [-0.1, -0.05) is 61.9 Å². The molecule has 2 aliphatic heterocycles. The van der Waals surface area contributed by atoms with Crippen molar-refractivity contribution in [2.75, 3.05) is 17.9 Å². The normalized spacial score (nSPS) is 16.4. The molecular weight excluding hydrogens is 667 g/mol. The molecule has 2 unspecified atom stereocenters. The molecule has 0 saturated carbocycles. The lowest BCUT2D eigenvalue weighted by molar-refractivity contribution is -0.123. The van der Waals surface area contributed by atoms with Crippen molar-refractivity contribution in [3.8, 4) is 17.2 Å². The zero-order chi connectivity index (χ0) is 35.8. The Labute approximate surface area is 300 Å². The number of amides is 1. The smallest absolute Gasteiger partial charge is 0.265 e. The number of aryl methyl sites for hydroxylation is 1. The Bertz CT molecular complexity index is 1900. The lowest BCUT2D eigenvalue weighted by atomic mass is 9.99. The summed E-state index contributed by atoms with van der Waals surface area (Å²) in [5.41, 5.74) is 4.57. The lowest BCUT2D eigenvalue weighted by Gasteiger charge is -2.39. The molecule has 1 amide bonds. The number of aliphatic hydroxyl groups excluding tert-OH is 1. The topological polar surface area (TPSA) is 126 Å². The summed E-state index contributed by atoms with van der Waals surface area (Å²) < 4.78 is 47.4. The molecule has 51 heavy (non-hydrogen) atoms. The lowest BCUT2D eigenvalue weighted by Crippen LogP contribution is -2.51. The van der Waals surface area contributed by atoms with Crippen molar-refractivity contribution in [3.63, 3.8) is 0 Å². The molecule has 0 spiro atoms. The van der Waals surface area contributed by atoms with Crippen LogP contribution >= 0.6 is 0 Å². The maximum Gasteiger partial charge on any atom is 0.265 e. The summed E-state index contributed by atoms with van der Waals surface area (Å²) in [6.45, 7) is 5.27. The van der Waals surface area contributed by atoms with Crippen LogP contribution in [0, 0.1) is 0 Å². The first-order valence-corrected chi connectivity index (χ1v) is 19.2. The number of hydrogen-bond donors (Lipinski definition) is 3. The van der Waals surface area contributed by atoms with E-state index < -0.39 is 22.4 Å². The maximum atomic E-state index is 13.3. The van der Waals surface area contributed by atoms with Crippen LogP contribution in [0.15, 0.2) is 95.9 Å². The SMILES string of the molecule is CCCCNC(=O)COc1ccc2c(c1)CC(N(Cc1ccccc1)C(Oc1cccc(NS(=O)(=O)c3cc4ccc3OC4)c1)[C@H](C)O)CCC2. The first kappa shape index (κ1) is 36.2. The molecule has 0 aromatic heterocycles. The highest BCUT2D eigenvalue weighted by molar-refractivity contribution is 7.92. The summed E-state index contributed by atoms with van der Waals surface area (Å²) in [6, 6.07) is 28.1. The maximum absolute atomic E-state index is 13.3. The predicted molar refractivity (Wildman–Crippen MR) is 196 cm³/mol. The molecule has 4 aromatic rings. The van der Waals surface area contributed by atoms with E-state index in [9.17, 15) is 18.3 Å². The Morgan fingerprint density at radius 3 is 2.57 bits per heavy atom. The number of anilines is 1. The van der Waals surface area contributed by atoms with Crippen LogP contribution in [0.2, 0.25) is 0 Å². The van der Waals surface area contributed by atoms with Gasteiger partial charge in [0.15, 0.2) is 12.8 Å². The van der Waals surface area contributed by atoms with E-state index in [4.69, 9.17) is 14.2 Å². The second-order valence-electron chi connectivity index (χ2n) is 13.3. The Morgan fingerprint density at radius 2 is 1.84 bits per heavy atom. The summed E-state index contributed by atoms with van der Waals surface area (Å²) >= 11 is 0. The first-order valence-electron chi connectivity index (χ1n) is 17.7. The molecule has 3 aliphatic rings. The van der Waals surface area contributed by atoms with Crippen LogP contribution in [0.5, 0.6) is 17.2 Å². The molecule has 1 aliphatic carbocycles. The highest BCUT2D eigenvalue weighted by Crippen LogP contribution is 2.34. The number of carbonyl (C=O) groups is 1. The highest BCUT2D eigenvalue weighted by Gasteiger charge is 2.33. The van der Waals surface area contributed by atoms with E-state index in [0.717, 1.165) is 48.8 Å². The van der Waals surface area contributed by atoms with E-state index in [-0.39, 0.29) is 23.5 Å². The van der Waals surface area contributed by atoms with Crippen molar-refractivity contribution in [3.05, 3.63) is 113 Å². The van der Waals surface area contributed by atoms with E-state index in [1.807, 2.05) is 36.4 Å². The molecular formula is C40H47N3O7S. The number of hydrogen-bond acceptors (Lipinski definition) is 8. The number of aliphatic hydroxyl groups is 1. The number of benzene rings is 4. The second kappa shape index (κ2) is 16.6. The van der Waals surface area contributed by atoms with Gasteiger partial charge in [0.1, 0.15) is 34.9 Å². The van der Waals surface area contributed by atoms with Crippen molar-refractivity contribution in [2.45, 2.75) is 88.8 Å². The number of carbonyl (C=O) groups excluding carboxylic acids is 1. The van der Waals surface area contributed by atoms with Gasteiger partial charge in [-0.3, -0.25) is 14.4 Å². The third kappa shape index (κ3) is 9.40. The quantitative estimate of drug-likeness (QED) is 0.0711. The molecule has 0 radical (unpaired) electrons. The van der Waals surface area contributed by atoms with Crippen LogP contribution in [-0.4, -0.2) is 55.9 Å². The number of nitrogens with one attached hydrogen (secondary N) is 2. The van der Waals surface area contributed by atoms with Crippen molar-refractivity contribution in [1.82, 2.24) is 10.2 Å². The van der Waals surface area contributed by atoms with Gasteiger partial charge in [0.2, 0.25) is 0 Å². The Balaban J connectivity index is 1.23. The fourth-order valence-electron chi connectivity index (χ4n) is 6.68. The average Bonchev–Trinajstić information content (AvgIpc) is 3.35. The molecule has 4 aromatic carbocycles. The van der Waals surface area contributed by atoms with Gasteiger partial charge in [-0.25, -0.2) is 8.42 Å². The minimum atomic E-state index is -3.92. The predicted octanol–water partition coefficient (Wildman–Crippen LogP) is 6.21. The Morgan fingerprint density at radius 1 is 1.00 bits per heavy atom. The van der Waals surface area contributed by atoms with Crippen LogP contribution < -0.4 is 24.2 Å². The summed E-state index contributed by atoms with van der Waals surface area (Å²) in [6.07, 6.45) is 3.70. The minimum Gasteiger partial charge on any atom is -0.487 e. The molecule has 2 bridgehead atoms. The average molecular weight is 714 g/mol. The fourth-order valence-corrected chi connectivity index (χ4v) is 7.92. The number of sulfonamides is 1. The first-order chi connectivity index (χ1) is 24.7. The number of fused-ring (bicyclic) bond motifs is 4. The second-order valence-corrected chi connectivity index (χ2v) is 14.9. The number of nitrogens with zero attached hydrogens (tertiary/aromatic N) is 1. The van der Waals surface area contributed by atoms with Gasteiger partial charge in [0, 0.05) is 25.2 Å². The van der Waals surface area contributed by atoms with Gasteiger partial charge in [0.05, 0.1) is 5.69 Å². The van der Waals surface area contributed by atoms with Crippen LogP contribution in [0.4, 0.5) is 5.69 Å². The molecule has 0 fully saturated rings. The van der Waals surface area contributed by atoms with Crippen LogP contribution in [-0.2, 0) is 40.8 Å². The van der Waals surface area contributed by atoms with Crippen LogP contribution in [0.1, 0.15) is 61.8 Å². The van der Waals surface area contributed by atoms with Crippen molar-refractivity contribution >= 4 is 21.6 Å². The third-order valence-corrected chi connectivity index (χ3v) is 10.7. The summed E-state index contributed by atoms with van der Waals surface area (Å²) in [4.78, 5) is 14.6. The number of ether oxygens (including phenoxy) is 3. The number of unbranched alkanes of at least 4 members (excludes halogenated alkanes) is 1. The molecule has 2 heterocycles. The fraction of sp³-hybridized carbons (Fsp3) is 0.375. The number of rotatable bonds is 16. The molecule has 3 N–H and O–H groups in total. The Kier molecular flexibility index (Phi) is 11.8. The van der Waals surface area contributed by atoms with E-state index in [2.05, 4.69) is 40.1 Å². The van der Waals surface area contributed by atoms with E-state index in [0.29, 0.717) is 49.1 Å². The van der Waals surface area contributed by atoms with Gasteiger partial charge >= 0.3 is 0 Å². The van der Waals surface area contributed by atoms with Crippen LogP contribution in [0.3, 0.4) is 0 Å². The van der Waals surface area contributed by atoms with Gasteiger partial charge < -0.3 is 24.6 Å². The monoisotopic (exact) mass is 713 g/mol. The van der Waals surface area contributed by atoms with E-state index in [1.54, 1.807) is 43.3 Å². The highest BCUT2D eigenvalue weighted by atomic mass is 32.2. The third-order valence-electron chi connectivity index (χ3n) is 9.29. The van der Waals surface area contributed by atoms with Crippen molar-refractivity contribution in [1.29, 1.82) is 0 Å². The molecule has 7 rings (SSSR count). The Hall–Kier alpha value is -4.58. The molecule has 0 saturated heterocycles. The zero-order valence-electron chi connectivity index (χ0n) is 29.2. The van der Waals surface area contributed by atoms with Gasteiger partial charge in [-0.15, -0.1) is 0 Å². The van der Waals surface area contributed by atoms with Crippen molar-refractivity contribution in [2.24, 2.45) is 0 Å². The molecule has 3 atom stereocenters. The molecule has 270 valence electrons. The van der Waals surface area contributed by atoms with Gasteiger partial charge in [-0.2, -0.15) is 0 Å². The minimum absolute atomic E-state index is 0.00317.